The molecule has 16 heteroatoms. The lowest BCUT2D eigenvalue weighted by atomic mass is 9.83. The van der Waals surface area contributed by atoms with Crippen LogP contribution in [0.2, 0.25) is 0 Å². The second kappa shape index (κ2) is 14.0. The molecule has 0 bridgehead atoms. The zero-order chi connectivity index (χ0) is 45.8. The van der Waals surface area contributed by atoms with E-state index in [2.05, 4.69) is 42.3 Å². The van der Waals surface area contributed by atoms with Crippen LogP contribution in [-0.2, 0) is 15.7 Å². The molecule has 6 heterocycles. The highest BCUT2D eigenvalue weighted by Gasteiger charge is 2.57. The van der Waals surface area contributed by atoms with Gasteiger partial charge in [-0.05, 0) is 145 Å². The maximum atomic E-state index is 16.2. The van der Waals surface area contributed by atoms with Gasteiger partial charge in [-0.15, -0.1) is 0 Å². The molecular weight excluding hydrogens is 843 g/mol. The van der Waals surface area contributed by atoms with Gasteiger partial charge in [0, 0.05) is 58.9 Å². The number of fused-ring (bicyclic) bond motifs is 4. The number of amides is 1. The number of halogens is 2. The molecule has 3 aromatic carbocycles. The first-order valence-electron chi connectivity index (χ1n) is 23.1. The van der Waals surface area contributed by atoms with Crippen molar-refractivity contribution in [3.63, 3.8) is 0 Å². The van der Waals surface area contributed by atoms with E-state index in [0.29, 0.717) is 65.4 Å². The van der Waals surface area contributed by atoms with Crippen molar-refractivity contribution >= 4 is 33.5 Å². The predicted molar refractivity (Wildman–Crippen MR) is 244 cm³/mol. The minimum atomic E-state index is -0.884. The van der Waals surface area contributed by atoms with Gasteiger partial charge in [-0.1, -0.05) is 11.2 Å². The number of carbonyl (C=O) groups excluding carboxylic acids is 1. The minimum absolute atomic E-state index is 0.0432. The molecule has 0 unspecified atom stereocenters. The lowest BCUT2D eigenvalue weighted by Crippen LogP contribution is -2.46. The SMILES string of the molecule is Cc1cc(-n2nc3c(c2-n2ccn(-c4cc5cnn(C6CC6)c5cc4F)c2=O)[C@H](C)N(C(=O)c2cc4cc([C@H]5CCOC(C)(C)C5)ccc4n2C2(/C(N)=N/O)CC2)CC32CC2)cc(C)c1F. The average Bonchev–Trinajstić information content (AvgIpc) is 4.27. The number of imidazole rings is 1. The van der Waals surface area contributed by atoms with Gasteiger partial charge in [0.15, 0.2) is 5.84 Å². The van der Waals surface area contributed by atoms with Gasteiger partial charge in [0.05, 0.1) is 46.5 Å². The number of ether oxygens (including phenoxy) is 1. The summed E-state index contributed by atoms with van der Waals surface area (Å²) in [6, 6.07) is 14.4. The Labute approximate surface area is 378 Å². The fraction of sp³-hybridized carbons (Fsp3) is 0.420. The van der Waals surface area contributed by atoms with Crippen LogP contribution in [0.4, 0.5) is 8.78 Å². The smallest absolute Gasteiger partial charge is 0.338 e. The highest BCUT2D eigenvalue weighted by Crippen LogP contribution is 2.56. The van der Waals surface area contributed by atoms with E-state index in [1.165, 1.54) is 20.8 Å². The number of amidine groups is 1. The van der Waals surface area contributed by atoms with E-state index < -0.39 is 28.5 Å². The van der Waals surface area contributed by atoms with Crippen LogP contribution in [0.25, 0.3) is 39.0 Å². The summed E-state index contributed by atoms with van der Waals surface area (Å²) >= 11 is 0. The fourth-order valence-corrected chi connectivity index (χ4v) is 11.3. The van der Waals surface area contributed by atoms with E-state index in [0.717, 1.165) is 60.5 Å². The summed E-state index contributed by atoms with van der Waals surface area (Å²) in [6.45, 7) is 10.6. The van der Waals surface area contributed by atoms with Crippen LogP contribution in [-0.4, -0.2) is 73.9 Å². The Hall–Kier alpha value is -6.55. The van der Waals surface area contributed by atoms with Crippen molar-refractivity contribution in [2.24, 2.45) is 10.9 Å². The quantitative estimate of drug-likeness (QED) is 0.0671. The highest BCUT2D eigenvalue weighted by atomic mass is 19.1. The summed E-state index contributed by atoms with van der Waals surface area (Å²) < 4.78 is 45.7. The van der Waals surface area contributed by atoms with Crippen molar-refractivity contribution in [1.29, 1.82) is 0 Å². The predicted octanol–water partition coefficient (Wildman–Crippen LogP) is 8.50. The van der Waals surface area contributed by atoms with E-state index in [9.17, 15) is 10.0 Å². The van der Waals surface area contributed by atoms with Crippen molar-refractivity contribution in [3.05, 3.63) is 123 Å². The van der Waals surface area contributed by atoms with Crippen LogP contribution in [0.5, 0.6) is 0 Å². The number of nitrogens with two attached hydrogens (primary N) is 1. The van der Waals surface area contributed by atoms with E-state index in [1.807, 2.05) is 27.1 Å². The molecule has 3 N–H and O–H groups in total. The number of aromatic nitrogens is 7. The largest absolute Gasteiger partial charge is 0.409 e. The van der Waals surface area contributed by atoms with Gasteiger partial charge < -0.3 is 25.1 Å². The second-order valence-electron chi connectivity index (χ2n) is 20.3. The first-order valence-corrected chi connectivity index (χ1v) is 23.1. The molecule has 7 aromatic rings. The van der Waals surface area contributed by atoms with Crippen molar-refractivity contribution in [2.45, 2.75) is 121 Å². The van der Waals surface area contributed by atoms with Gasteiger partial charge in [0.25, 0.3) is 5.91 Å². The zero-order valence-corrected chi connectivity index (χ0v) is 37.7. The number of hydrogen-bond donors (Lipinski definition) is 2. The summed E-state index contributed by atoms with van der Waals surface area (Å²) in [6.07, 6.45) is 11.3. The van der Waals surface area contributed by atoms with Crippen molar-refractivity contribution < 1.29 is 23.5 Å². The number of hydrogen-bond acceptors (Lipinski definition) is 7. The third-order valence-electron chi connectivity index (χ3n) is 15.3. The molecule has 5 aliphatic rings. The minimum Gasteiger partial charge on any atom is -0.409 e. The lowest BCUT2D eigenvalue weighted by Gasteiger charge is -2.38. The van der Waals surface area contributed by atoms with Gasteiger partial charge in [-0.3, -0.25) is 18.6 Å². The normalized spacial score (nSPS) is 21.8. The fourth-order valence-electron chi connectivity index (χ4n) is 11.3. The Morgan fingerprint density at radius 2 is 1.68 bits per heavy atom. The molecule has 66 heavy (non-hydrogen) atoms. The second-order valence-corrected chi connectivity index (χ2v) is 20.3. The number of nitrogens with zero attached hydrogens (tertiary/aromatic N) is 9. The summed E-state index contributed by atoms with van der Waals surface area (Å²) in [5.74, 6) is -0.422. The average molecular weight is 895 g/mol. The van der Waals surface area contributed by atoms with Crippen LogP contribution in [0.15, 0.2) is 77.1 Å². The van der Waals surface area contributed by atoms with Crippen LogP contribution in [0.1, 0.15) is 129 Å². The standard InChI is InChI=1S/C50H52F2N10O4/c1-27-18-35(19-28(2)42(27)52)62-44(58-16-15-57(47(58)64)39-22-33-25-54-61(34-7-8-34)38(33)23-36(39)51)41-29(3)59(26-49(11-12-49)43(41)55-62)45(63)40-21-32-20-30(31-10-17-66-48(4,5)24-31)6-9-37(32)60(40)50(13-14-50)46(53)56-65/h6,9,15-16,18-23,25,29,31,34,65H,7-8,10-14,17,24,26H2,1-5H3,(H2,53,56)/t29-,31-/m0/s1. The van der Waals surface area contributed by atoms with Crippen LogP contribution < -0.4 is 11.4 Å². The molecule has 12 rings (SSSR count). The van der Waals surface area contributed by atoms with Gasteiger partial charge >= 0.3 is 5.69 Å². The number of rotatable bonds is 8. The molecule has 1 spiro atoms. The number of carbonyl (C=O) groups is 1. The molecule has 0 radical (unpaired) electrons. The molecule has 4 fully saturated rings. The van der Waals surface area contributed by atoms with Crippen molar-refractivity contribution in [3.8, 4) is 17.2 Å². The molecule has 4 aromatic heterocycles. The molecule has 2 atom stereocenters. The molecule has 3 saturated carbocycles. The Morgan fingerprint density at radius 1 is 0.939 bits per heavy atom. The molecule has 14 nitrogen and oxygen atoms in total. The lowest BCUT2D eigenvalue weighted by molar-refractivity contribution is -0.0592. The Balaban J connectivity index is 1.01. The number of oxime groups is 1. The van der Waals surface area contributed by atoms with Crippen molar-refractivity contribution in [1.82, 2.24) is 38.2 Å². The summed E-state index contributed by atoms with van der Waals surface area (Å²) in [7, 11) is 0. The van der Waals surface area contributed by atoms with E-state index in [1.54, 1.807) is 55.3 Å². The van der Waals surface area contributed by atoms with E-state index >= 15 is 13.6 Å². The Morgan fingerprint density at radius 3 is 2.36 bits per heavy atom. The third-order valence-corrected chi connectivity index (χ3v) is 15.3. The number of benzene rings is 3. The molecule has 3 aliphatic carbocycles. The Kier molecular flexibility index (Phi) is 8.67. The Bertz CT molecular complexity index is 3280. The van der Waals surface area contributed by atoms with Gasteiger partial charge in [-0.25, -0.2) is 18.3 Å². The third kappa shape index (κ3) is 6.02. The monoisotopic (exact) mass is 894 g/mol. The molecule has 1 saturated heterocycles. The first kappa shape index (κ1) is 40.9. The van der Waals surface area contributed by atoms with Crippen LogP contribution >= 0.6 is 0 Å². The molecule has 2 aliphatic heterocycles. The van der Waals surface area contributed by atoms with Gasteiger partial charge in [0.2, 0.25) is 0 Å². The maximum Gasteiger partial charge on any atom is 0.338 e. The summed E-state index contributed by atoms with van der Waals surface area (Å²) in [5.41, 5.74) is 10.3. The summed E-state index contributed by atoms with van der Waals surface area (Å²) in [5, 5.41) is 25.0. The van der Waals surface area contributed by atoms with Gasteiger partial charge in [-0.2, -0.15) is 10.2 Å². The summed E-state index contributed by atoms with van der Waals surface area (Å²) in [4.78, 5) is 32.4. The molecule has 1 amide bonds. The maximum absolute atomic E-state index is 16.2. The highest BCUT2D eigenvalue weighted by molar-refractivity contribution is 6.02. The number of aryl methyl sites for hydroxylation is 2. The molecular formula is C50H52F2N10O4. The van der Waals surface area contributed by atoms with Gasteiger partial charge in [0.1, 0.15) is 28.7 Å². The van der Waals surface area contributed by atoms with E-state index in [-0.39, 0.29) is 40.8 Å². The first-order chi connectivity index (χ1) is 31.6. The zero-order valence-electron chi connectivity index (χ0n) is 37.7. The van der Waals surface area contributed by atoms with Crippen LogP contribution in [0, 0.1) is 25.5 Å². The van der Waals surface area contributed by atoms with E-state index in [4.69, 9.17) is 15.6 Å². The molecule has 340 valence electrons. The topological polar surface area (TPSA) is 156 Å². The van der Waals surface area contributed by atoms with Crippen molar-refractivity contribution in [2.75, 3.05) is 13.2 Å². The van der Waals surface area contributed by atoms with Crippen LogP contribution in [0.3, 0.4) is 0 Å².